The van der Waals surface area contributed by atoms with Crippen molar-refractivity contribution < 1.29 is 4.74 Å². The summed E-state index contributed by atoms with van der Waals surface area (Å²) in [6.45, 7) is 10.1. The summed E-state index contributed by atoms with van der Waals surface area (Å²) in [7, 11) is 0. The van der Waals surface area contributed by atoms with Crippen LogP contribution in [0.25, 0.3) is 0 Å². The number of nitrogens with zero attached hydrogens (tertiary/aromatic N) is 1. The maximum Gasteiger partial charge on any atom is 0.0507 e. The lowest BCUT2D eigenvalue weighted by Crippen LogP contribution is -2.55. The van der Waals surface area contributed by atoms with E-state index in [0.29, 0.717) is 12.1 Å². The number of rotatable bonds is 2. The summed E-state index contributed by atoms with van der Waals surface area (Å²) in [4.78, 5) is 2.59. The summed E-state index contributed by atoms with van der Waals surface area (Å²) in [5, 5.41) is 3.56. The van der Waals surface area contributed by atoms with E-state index in [1.807, 2.05) is 0 Å². The molecule has 3 unspecified atom stereocenters. The molecule has 3 atom stereocenters. The van der Waals surface area contributed by atoms with Gasteiger partial charge in [-0.15, -0.1) is 0 Å². The van der Waals surface area contributed by atoms with Gasteiger partial charge in [-0.2, -0.15) is 0 Å². The van der Waals surface area contributed by atoms with Gasteiger partial charge in [0.25, 0.3) is 0 Å². The Morgan fingerprint density at radius 1 is 1.29 bits per heavy atom. The van der Waals surface area contributed by atoms with E-state index in [-0.39, 0.29) is 0 Å². The Morgan fingerprint density at radius 2 is 2.00 bits per heavy atom. The summed E-state index contributed by atoms with van der Waals surface area (Å²) < 4.78 is 5.41. The molecular weight excluding hydrogens is 176 g/mol. The van der Waals surface area contributed by atoms with Crippen LogP contribution in [0, 0.1) is 5.92 Å². The molecule has 0 spiro atoms. The van der Waals surface area contributed by atoms with Crippen molar-refractivity contribution >= 4 is 0 Å². The van der Waals surface area contributed by atoms with Gasteiger partial charge in [-0.3, -0.25) is 4.90 Å². The molecule has 2 saturated heterocycles. The van der Waals surface area contributed by atoms with Crippen molar-refractivity contribution in [2.24, 2.45) is 5.92 Å². The molecule has 82 valence electrons. The number of nitrogens with one attached hydrogen (secondary N) is 1. The monoisotopic (exact) mass is 198 g/mol. The van der Waals surface area contributed by atoms with Gasteiger partial charge in [0.1, 0.15) is 0 Å². The Morgan fingerprint density at radius 3 is 2.57 bits per heavy atom. The van der Waals surface area contributed by atoms with Crippen molar-refractivity contribution in [1.82, 2.24) is 10.2 Å². The van der Waals surface area contributed by atoms with Gasteiger partial charge in [-0.05, 0) is 26.2 Å². The third-order valence-corrected chi connectivity index (χ3v) is 3.17. The maximum absolute atomic E-state index is 5.41. The molecule has 1 N–H and O–H groups in total. The van der Waals surface area contributed by atoms with Gasteiger partial charge in [0.2, 0.25) is 0 Å². The van der Waals surface area contributed by atoms with E-state index in [1.165, 1.54) is 26.1 Å². The molecule has 2 aliphatic rings. The van der Waals surface area contributed by atoms with Crippen LogP contribution in [-0.2, 0) is 4.74 Å². The molecule has 0 bridgehead atoms. The molecule has 0 saturated carbocycles. The van der Waals surface area contributed by atoms with Gasteiger partial charge in [-0.25, -0.2) is 0 Å². The molecule has 2 aliphatic heterocycles. The molecule has 2 fully saturated rings. The van der Waals surface area contributed by atoms with Gasteiger partial charge in [0, 0.05) is 38.3 Å². The molecule has 0 radical (unpaired) electrons. The SMILES string of the molecule is CC1CN(CC2CCOC2)CC(C)N1. The van der Waals surface area contributed by atoms with Crippen LogP contribution in [0.4, 0.5) is 0 Å². The lowest BCUT2D eigenvalue weighted by Gasteiger charge is -2.37. The van der Waals surface area contributed by atoms with E-state index in [4.69, 9.17) is 4.74 Å². The highest BCUT2D eigenvalue weighted by atomic mass is 16.5. The molecule has 3 heteroatoms. The van der Waals surface area contributed by atoms with E-state index in [2.05, 4.69) is 24.1 Å². The number of ether oxygens (including phenoxy) is 1. The van der Waals surface area contributed by atoms with Gasteiger partial charge < -0.3 is 10.1 Å². The predicted molar refractivity (Wildman–Crippen MR) is 57.4 cm³/mol. The second-order valence-corrected chi connectivity index (χ2v) is 4.92. The molecule has 0 aromatic carbocycles. The largest absolute Gasteiger partial charge is 0.381 e. The fraction of sp³-hybridized carbons (Fsp3) is 1.00. The van der Waals surface area contributed by atoms with Crippen LogP contribution in [0.15, 0.2) is 0 Å². The van der Waals surface area contributed by atoms with Crippen LogP contribution in [0.1, 0.15) is 20.3 Å². The standard InChI is InChI=1S/C11H22N2O/c1-9-5-13(6-10(2)12-9)7-11-3-4-14-8-11/h9-12H,3-8H2,1-2H3. The Bertz CT molecular complexity index is 170. The van der Waals surface area contributed by atoms with Crippen LogP contribution >= 0.6 is 0 Å². The molecule has 0 aromatic rings. The quantitative estimate of drug-likeness (QED) is 0.707. The Hall–Kier alpha value is -0.120. The molecule has 14 heavy (non-hydrogen) atoms. The Balaban J connectivity index is 1.78. The molecule has 0 aliphatic carbocycles. The highest BCUT2D eigenvalue weighted by Crippen LogP contribution is 2.15. The van der Waals surface area contributed by atoms with Crippen LogP contribution in [0.3, 0.4) is 0 Å². The predicted octanol–water partition coefficient (Wildman–Crippen LogP) is 0.705. The summed E-state index contributed by atoms with van der Waals surface area (Å²) in [5.41, 5.74) is 0. The average Bonchev–Trinajstić information content (AvgIpc) is 2.54. The van der Waals surface area contributed by atoms with Crippen LogP contribution < -0.4 is 5.32 Å². The van der Waals surface area contributed by atoms with Gasteiger partial charge >= 0.3 is 0 Å². The smallest absolute Gasteiger partial charge is 0.0507 e. The lowest BCUT2D eigenvalue weighted by molar-refractivity contribution is 0.134. The summed E-state index contributed by atoms with van der Waals surface area (Å²) >= 11 is 0. The third-order valence-electron chi connectivity index (χ3n) is 3.17. The summed E-state index contributed by atoms with van der Waals surface area (Å²) in [5.74, 6) is 0.785. The Labute approximate surface area is 86.8 Å². The van der Waals surface area contributed by atoms with Gasteiger partial charge in [0.05, 0.1) is 6.61 Å². The molecule has 0 amide bonds. The Kier molecular flexibility index (Phi) is 3.42. The highest BCUT2D eigenvalue weighted by Gasteiger charge is 2.24. The minimum Gasteiger partial charge on any atom is -0.381 e. The molecular formula is C11H22N2O. The highest BCUT2D eigenvalue weighted by molar-refractivity contribution is 4.82. The summed E-state index contributed by atoms with van der Waals surface area (Å²) in [6, 6.07) is 1.28. The van der Waals surface area contributed by atoms with E-state index in [0.717, 1.165) is 19.1 Å². The second-order valence-electron chi connectivity index (χ2n) is 4.92. The van der Waals surface area contributed by atoms with Crippen molar-refractivity contribution in [3.63, 3.8) is 0 Å². The van der Waals surface area contributed by atoms with Crippen LogP contribution in [0.5, 0.6) is 0 Å². The van der Waals surface area contributed by atoms with Crippen molar-refractivity contribution in [2.75, 3.05) is 32.8 Å². The van der Waals surface area contributed by atoms with Gasteiger partial charge in [-0.1, -0.05) is 0 Å². The van der Waals surface area contributed by atoms with Crippen molar-refractivity contribution in [1.29, 1.82) is 0 Å². The van der Waals surface area contributed by atoms with E-state index < -0.39 is 0 Å². The first-order valence-corrected chi connectivity index (χ1v) is 5.80. The van der Waals surface area contributed by atoms with E-state index in [9.17, 15) is 0 Å². The van der Waals surface area contributed by atoms with Crippen LogP contribution in [-0.4, -0.2) is 49.8 Å². The zero-order valence-electron chi connectivity index (χ0n) is 9.33. The number of piperazine rings is 1. The van der Waals surface area contributed by atoms with Crippen molar-refractivity contribution in [3.8, 4) is 0 Å². The molecule has 3 nitrogen and oxygen atoms in total. The van der Waals surface area contributed by atoms with Gasteiger partial charge in [0.15, 0.2) is 0 Å². The maximum atomic E-state index is 5.41. The molecule has 2 rings (SSSR count). The zero-order chi connectivity index (χ0) is 9.97. The first-order valence-electron chi connectivity index (χ1n) is 5.80. The lowest BCUT2D eigenvalue weighted by atomic mass is 10.1. The molecule has 0 aromatic heterocycles. The zero-order valence-corrected chi connectivity index (χ0v) is 9.33. The topological polar surface area (TPSA) is 24.5 Å². The van der Waals surface area contributed by atoms with Crippen molar-refractivity contribution in [3.05, 3.63) is 0 Å². The van der Waals surface area contributed by atoms with Crippen molar-refractivity contribution in [2.45, 2.75) is 32.4 Å². The number of hydrogen-bond acceptors (Lipinski definition) is 3. The fourth-order valence-corrected chi connectivity index (χ4v) is 2.68. The average molecular weight is 198 g/mol. The van der Waals surface area contributed by atoms with E-state index in [1.54, 1.807) is 0 Å². The first-order chi connectivity index (χ1) is 6.74. The fourth-order valence-electron chi connectivity index (χ4n) is 2.68. The van der Waals surface area contributed by atoms with E-state index >= 15 is 0 Å². The van der Waals surface area contributed by atoms with Crippen LogP contribution in [0.2, 0.25) is 0 Å². The molecule has 2 heterocycles. The minimum atomic E-state index is 0.640. The number of hydrogen-bond donors (Lipinski definition) is 1. The second kappa shape index (κ2) is 4.60. The normalized spacial score (nSPS) is 40.3. The summed E-state index contributed by atoms with van der Waals surface area (Å²) in [6.07, 6.45) is 1.26. The minimum absolute atomic E-state index is 0.640. The third kappa shape index (κ3) is 2.69. The first kappa shape index (κ1) is 10.4.